The summed E-state index contributed by atoms with van der Waals surface area (Å²) in [5.41, 5.74) is 1.25. The summed E-state index contributed by atoms with van der Waals surface area (Å²) in [4.78, 5) is 0. The first-order valence-corrected chi connectivity index (χ1v) is 6.06. The molecule has 0 amide bonds. The largest absolute Gasteiger partial charge is 0.469 e. The van der Waals surface area contributed by atoms with Gasteiger partial charge in [0.25, 0.3) is 0 Å². The number of furan rings is 1. The normalized spacial score (nSPS) is 13.3. The fourth-order valence-electron chi connectivity index (χ4n) is 1.54. The summed E-state index contributed by atoms with van der Waals surface area (Å²) in [6, 6.07) is 2.50. The van der Waals surface area contributed by atoms with Crippen molar-refractivity contribution in [1.29, 1.82) is 0 Å². The summed E-state index contributed by atoms with van der Waals surface area (Å²) in [6.45, 7) is 11.6. The first kappa shape index (κ1) is 13.3. The van der Waals surface area contributed by atoms with E-state index in [-0.39, 0.29) is 0 Å². The van der Waals surface area contributed by atoms with Gasteiger partial charge in [-0.15, -0.1) is 0 Å². The van der Waals surface area contributed by atoms with Gasteiger partial charge in [0.15, 0.2) is 0 Å². The maximum Gasteiger partial charge on any atom is 0.105 e. The summed E-state index contributed by atoms with van der Waals surface area (Å²) in [7, 11) is 0. The Bertz CT molecular complexity index is 294. The number of hydrogen-bond donors (Lipinski definition) is 2. The third kappa shape index (κ3) is 4.81. The average molecular weight is 224 g/mol. The van der Waals surface area contributed by atoms with Crippen molar-refractivity contribution in [2.24, 2.45) is 5.92 Å². The van der Waals surface area contributed by atoms with Gasteiger partial charge in [-0.25, -0.2) is 0 Å². The highest BCUT2D eigenvalue weighted by Gasteiger charge is 2.04. The van der Waals surface area contributed by atoms with Crippen molar-refractivity contribution in [3.8, 4) is 0 Å². The van der Waals surface area contributed by atoms with Gasteiger partial charge >= 0.3 is 0 Å². The summed E-state index contributed by atoms with van der Waals surface area (Å²) < 4.78 is 5.25. The van der Waals surface area contributed by atoms with Gasteiger partial charge in [0, 0.05) is 24.7 Å². The van der Waals surface area contributed by atoms with E-state index in [2.05, 4.69) is 31.4 Å². The summed E-state index contributed by atoms with van der Waals surface area (Å²) in [5.74, 6) is 1.72. The molecule has 16 heavy (non-hydrogen) atoms. The molecule has 92 valence electrons. The Morgan fingerprint density at radius 2 is 2.00 bits per heavy atom. The van der Waals surface area contributed by atoms with Crippen molar-refractivity contribution in [3.05, 3.63) is 23.7 Å². The molecule has 1 heterocycles. The van der Waals surface area contributed by atoms with E-state index in [0.717, 1.165) is 25.4 Å². The molecule has 1 atom stereocenters. The van der Waals surface area contributed by atoms with Crippen LogP contribution in [0.1, 0.15) is 32.1 Å². The zero-order chi connectivity index (χ0) is 12.0. The minimum Gasteiger partial charge on any atom is -0.469 e. The second-order valence-electron chi connectivity index (χ2n) is 4.84. The van der Waals surface area contributed by atoms with Crippen LogP contribution in [0.15, 0.2) is 16.7 Å². The predicted molar refractivity (Wildman–Crippen MR) is 67.5 cm³/mol. The van der Waals surface area contributed by atoms with Crippen LogP contribution in [0.25, 0.3) is 0 Å². The van der Waals surface area contributed by atoms with E-state index < -0.39 is 0 Å². The summed E-state index contributed by atoms with van der Waals surface area (Å²) >= 11 is 0. The number of rotatable bonds is 7. The van der Waals surface area contributed by atoms with E-state index in [0.29, 0.717) is 12.0 Å². The fourth-order valence-corrected chi connectivity index (χ4v) is 1.54. The van der Waals surface area contributed by atoms with Crippen molar-refractivity contribution in [1.82, 2.24) is 10.6 Å². The quantitative estimate of drug-likeness (QED) is 0.746. The van der Waals surface area contributed by atoms with Gasteiger partial charge in [-0.2, -0.15) is 0 Å². The van der Waals surface area contributed by atoms with Crippen molar-refractivity contribution in [2.75, 3.05) is 13.1 Å². The highest BCUT2D eigenvalue weighted by Crippen LogP contribution is 2.07. The molecule has 1 aromatic rings. The van der Waals surface area contributed by atoms with Crippen LogP contribution in [0.2, 0.25) is 0 Å². The van der Waals surface area contributed by atoms with Crippen molar-refractivity contribution < 1.29 is 4.42 Å². The van der Waals surface area contributed by atoms with Crippen LogP contribution >= 0.6 is 0 Å². The van der Waals surface area contributed by atoms with Crippen LogP contribution in [0, 0.1) is 12.8 Å². The minimum absolute atomic E-state index is 0.480. The minimum atomic E-state index is 0.480. The van der Waals surface area contributed by atoms with E-state index in [4.69, 9.17) is 4.42 Å². The van der Waals surface area contributed by atoms with Gasteiger partial charge in [0.2, 0.25) is 0 Å². The Balaban J connectivity index is 2.15. The molecule has 0 aromatic carbocycles. The monoisotopic (exact) mass is 224 g/mol. The van der Waals surface area contributed by atoms with Gasteiger partial charge in [0.1, 0.15) is 5.76 Å². The second kappa shape index (κ2) is 6.71. The Morgan fingerprint density at radius 1 is 1.25 bits per heavy atom. The molecule has 2 N–H and O–H groups in total. The molecule has 0 bridgehead atoms. The smallest absolute Gasteiger partial charge is 0.105 e. The molecular formula is C13H24N2O. The zero-order valence-electron chi connectivity index (χ0n) is 10.8. The zero-order valence-corrected chi connectivity index (χ0v) is 10.8. The topological polar surface area (TPSA) is 37.2 Å². The van der Waals surface area contributed by atoms with Gasteiger partial charge < -0.3 is 15.1 Å². The van der Waals surface area contributed by atoms with E-state index in [1.54, 1.807) is 6.26 Å². The Kier molecular flexibility index (Phi) is 5.56. The van der Waals surface area contributed by atoms with Crippen LogP contribution in [0.4, 0.5) is 0 Å². The van der Waals surface area contributed by atoms with E-state index >= 15 is 0 Å². The lowest BCUT2D eigenvalue weighted by Crippen LogP contribution is -2.37. The second-order valence-corrected chi connectivity index (χ2v) is 4.84. The van der Waals surface area contributed by atoms with E-state index in [1.807, 2.05) is 13.0 Å². The third-order valence-corrected chi connectivity index (χ3v) is 2.61. The molecule has 0 radical (unpaired) electrons. The first-order valence-electron chi connectivity index (χ1n) is 6.06. The average Bonchev–Trinajstić information content (AvgIpc) is 2.60. The molecule has 3 nitrogen and oxygen atoms in total. The highest BCUT2D eigenvalue weighted by molar-refractivity contribution is 5.14. The molecule has 0 spiro atoms. The summed E-state index contributed by atoms with van der Waals surface area (Å²) in [6.07, 6.45) is 1.74. The van der Waals surface area contributed by atoms with Crippen LogP contribution in [0.3, 0.4) is 0 Å². The Morgan fingerprint density at radius 3 is 2.56 bits per heavy atom. The van der Waals surface area contributed by atoms with Gasteiger partial charge in [0.05, 0.1) is 6.26 Å². The molecule has 0 aliphatic carbocycles. The van der Waals surface area contributed by atoms with Crippen molar-refractivity contribution in [2.45, 2.75) is 40.3 Å². The van der Waals surface area contributed by atoms with Crippen molar-refractivity contribution in [3.63, 3.8) is 0 Å². The van der Waals surface area contributed by atoms with Gasteiger partial charge in [-0.05, 0) is 32.4 Å². The molecular weight excluding hydrogens is 200 g/mol. The molecule has 1 aromatic heterocycles. The first-order chi connectivity index (χ1) is 7.59. The number of hydrogen-bond acceptors (Lipinski definition) is 3. The Labute approximate surface area is 98.6 Å². The molecule has 0 fully saturated rings. The van der Waals surface area contributed by atoms with Gasteiger partial charge in [-0.1, -0.05) is 13.8 Å². The predicted octanol–water partition coefficient (Wildman–Crippen LogP) is 2.31. The van der Waals surface area contributed by atoms with Crippen LogP contribution in [-0.2, 0) is 6.54 Å². The van der Waals surface area contributed by atoms with E-state index in [1.165, 1.54) is 5.56 Å². The van der Waals surface area contributed by atoms with Crippen LogP contribution in [0.5, 0.6) is 0 Å². The lowest BCUT2D eigenvalue weighted by molar-refractivity contribution is 0.468. The molecule has 1 rings (SSSR count). The molecule has 0 saturated carbocycles. The van der Waals surface area contributed by atoms with Crippen molar-refractivity contribution >= 4 is 0 Å². The maximum atomic E-state index is 5.25. The van der Waals surface area contributed by atoms with Crippen LogP contribution < -0.4 is 10.6 Å². The fraction of sp³-hybridized carbons (Fsp3) is 0.692. The molecule has 0 aliphatic heterocycles. The standard InChI is InChI=1S/C13H24N2O/c1-10(2)7-14-8-11(3)15-9-13-5-6-16-12(13)4/h5-6,10-11,14-15H,7-9H2,1-4H3. The maximum absolute atomic E-state index is 5.25. The lowest BCUT2D eigenvalue weighted by atomic mass is 10.2. The summed E-state index contributed by atoms with van der Waals surface area (Å²) in [5, 5.41) is 6.92. The SMILES string of the molecule is Cc1occc1CNC(C)CNCC(C)C. The molecule has 0 saturated heterocycles. The molecule has 1 unspecified atom stereocenters. The van der Waals surface area contributed by atoms with Crippen LogP contribution in [-0.4, -0.2) is 19.1 Å². The molecule has 3 heteroatoms. The lowest BCUT2D eigenvalue weighted by Gasteiger charge is -2.15. The third-order valence-electron chi connectivity index (χ3n) is 2.61. The Hall–Kier alpha value is -0.800. The number of aryl methyl sites for hydroxylation is 1. The molecule has 0 aliphatic rings. The number of nitrogens with one attached hydrogen (secondary N) is 2. The van der Waals surface area contributed by atoms with E-state index in [9.17, 15) is 0 Å². The van der Waals surface area contributed by atoms with Gasteiger partial charge in [-0.3, -0.25) is 0 Å². The highest BCUT2D eigenvalue weighted by atomic mass is 16.3.